The van der Waals surface area contributed by atoms with Gasteiger partial charge in [0.1, 0.15) is 0 Å². The van der Waals surface area contributed by atoms with Crippen LogP contribution in [0.15, 0.2) is 67.0 Å². The van der Waals surface area contributed by atoms with Crippen molar-refractivity contribution in [3.8, 4) is 11.5 Å². The number of phenolic OH excluding ortho intramolecular Hbond substituents is 1. The minimum Gasteiger partial charge on any atom is -1.00 e. The lowest BCUT2D eigenvalue weighted by molar-refractivity contribution is -0.688. The first-order valence-corrected chi connectivity index (χ1v) is 8.33. The van der Waals surface area contributed by atoms with Crippen LogP contribution in [0, 0.1) is 10.1 Å². The lowest BCUT2D eigenvalue weighted by atomic mass is 10.1. The Morgan fingerprint density at radius 3 is 2.43 bits per heavy atom. The largest absolute Gasteiger partial charge is 1.00 e. The average molecular weight is 399 g/mol. The lowest BCUT2D eigenvalue weighted by Crippen LogP contribution is -3.00. The average Bonchev–Trinajstić information content (AvgIpc) is 2.68. The molecule has 0 amide bonds. The number of hydrogen-bond acceptors (Lipinski definition) is 4. The monoisotopic (exact) mass is 398 g/mol. The van der Waals surface area contributed by atoms with E-state index in [2.05, 4.69) is 0 Å². The summed E-state index contributed by atoms with van der Waals surface area (Å²) < 4.78 is 6.99. The maximum absolute atomic E-state index is 11.1. The number of rotatable bonds is 6. The van der Waals surface area contributed by atoms with Crippen LogP contribution in [-0.4, -0.2) is 17.1 Å². The third-order valence-corrected chi connectivity index (χ3v) is 4.13. The molecule has 0 saturated carbocycles. The molecule has 1 heterocycles. The molecule has 0 aliphatic carbocycles. The highest BCUT2D eigenvalue weighted by Crippen LogP contribution is 2.27. The zero-order chi connectivity index (χ0) is 19.2. The molecule has 3 rings (SSSR count). The van der Waals surface area contributed by atoms with E-state index in [1.165, 1.54) is 13.2 Å². The summed E-state index contributed by atoms with van der Waals surface area (Å²) in [7, 11) is 1.51. The van der Waals surface area contributed by atoms with Crippen molar-refractivity contribution in [1.29, 1.82) is 0 Å². The minimum absolute atomic E-state index is 0. The number of aromatic nitrogens is 1. The fourth-order valence-electron chi connectivity index (χ4n) is 2.70. The molecule has 0 unspecified atom stereocenters. The van der Waals surface area contributed by atoms with Gasteiger partial charge in [0.25, 0.3) is 5.69 Å². The predicted molar refractivity (Wildman–Crippen MR) is 102 cm³/mol. The zero-order valence-corrected chi connectivity index (χ0v) is 15.9. The summed E-state index contributed by atoms with van der Waals surface area (Å²) in [4.78, 5) is 10.8. The number of para-hydroxylation sites is 1. The highest BCUT2D eigenvalue weighted by atomic mass is 35.5. The number of nitrogens with zero attached hydrogens (tertiary/aromatic N) is 2. The van der Waals surface area contributed by atoms with Gasteiger partial charge in [0.15, 0.2) is 30.4 Å². The van der Waals surface area contributed by atoms with Crippen LogP contribution >= 0.6 is 0 Å². The predicted octanol–water partition coefficient (Wildman–Crippen LogP) is 0.819. The van der Waals surface area contributed by atoms with Crippen molar-refractivity contribution in [3.63, 3.8) is 0 Å². The number of hydrogen-bond donors (Lipinski definition) is 1. The molecule has 0 atom stereocenters. The van der Waals surface area contributed by atoms with Crippen LogP contribution in [0.1, 0.15) is 16.7 Å². The van der Waals surface area contributed by atoms with Gasteiger partial charge < -0.3 is 22.3 Å². The second-order valence-electron chi connectivity index (χ2n) is 5.95. The quantitative estimate of drug-likeness (QED) is 0.379. The van der Waals surface area contributed by atoms with Gasteiger partial charge in [-0.2, -0.15) is 0 Å². The zero-order valence-electron chi connectivity index (χ0n) is 15.2. The first-order chi connectivity index (χ1) is 13.1. The Bertz CT molecular complexity index is 988. The number of methoxy groups -OCH3 is 1. The highest BCUT2D eigenvalue weighted by molar-refractivity contribution is 5.70. The van der Waals surface area contributed by atoms with Crippen molar-refractivity contribution in [2.45, 2.75) is 6.54 Å². The van der Waals surface area contributed by atoms with Crippen LogP contribution in [0.4, 0.5) is 5.69 Å². The summed E-state index contributed by atoms with van der Waals surface area (Å²) >= 11 is 0. The lowest BCUT2D eigenvalue weighted by Gasteiger charge is -2.03. The smallest absolute Gasteiger partial charge is 0.278 e. The van der Waals surface area contributed by atoms with Gasteiger partial charge in [-0.05, 0) is 29.3 Å². The van der Waals surface area contributed by atoms with Gasteiger partial charge in [0.05, 0.1) is 17.6 Å². The second-order valence-corrected chi connectivity index (χ2v) is 5.95. The van der Waals surface area contributed by atoms with E-state index in [0.29, 0.717) is 17.9 Å². The van der Waals surface area contributed by atoms with Crippen LogP contribution in [0.5, 0.6) is 11.5 Å². The molecule has 3 aromatic rings. The number of aromatic hydroxyl groups is 1. The maximum atomic E-state index is 11.1. The summed E-state index contributed by atoms with van der Waals surface area (Å²) in [6.45, 7) is 0.427. The van der Waals surface area contributed by atoms with Crippen LogP contribution < -0.4 is 21.7 Å². The third-order valence-electron chi connectivity index (χ3n) is 4.13. The summed E-state index contributed by atoms with van der Waals surface area (Å²) in [6.07, 6.45) is 7.63. The number of nitro groups is 1. The third kappa shape index (κ3) is 5.08. The molecule has 0 aliphatic heterocycles. The van der Waals surface area contributed by atoms with Crippen molar-refractivity contribution in [3.05, 3.63) is 93.8 Å². The Hall–Kier alpha value is -3.38. The second kappa shape index (κ2) is 9.53. The summed E-state index contributed by atoms with van der Waals surface area (Å²) in [5, 5.41) is 20.7. The topological polar surface area (TPSA) is 76.5 Å². The van der Waals surface area contributed by atoms with E-state index in [1.54, 1.807) is 36.4 Å². The highest BCUT2D eigenvalue weighted by Gasteiger charge is 2.15. The van der Waals surface area contributed by atoms with Crippen molar-refractivity contribution < 1.29 is 31.7 Å². The molecule has 144 valence electrons. The SMILES string of the molecule is COc1cc(/C=C/c2cc[n+](Cc3ccccc3[N+](=O)[O-])cc2)ccc1O.[Cl-]. The molecule has 1 aromatic heterocycles. The Labute approximate surface area is 168 Å². The van der Waals surface area contributed by atoms with Crippen LogP contribution in [-0.2, 0) is 6.54 Å². The number of phenols is 1. The Balaban J connectivity index is 0.00000280. The standard InChI is InChI=1S/C21H18N2O4.ClH/c1-27-21-14-17(8-9-20(21)24)7-6-16-10-12-22(13-11-16)15-18-4-2-3-5-19(18)23(25)26;/h2-14H,15H2,1H3;1H. The first-order valence-electron chi connectivity index (χ1n) is 8.33. The maximum Gasteiger partial charge on any atom is 0.278 e. The number of nitro benzene ring substituents is 1. The van der Waals surface area contributed by atoms with Gasteiger partial charge in [-0.15, -0.1) is 0 Å². The normalized spacial score (nSPS) is 10.5. The summed E-state index contributed by atoms with van der Waals surface area (Å²) in [6, 6.07) is 15.7. The van der Waals surface area contributed by atoms with E-state index in [-0.39, 0.29) is 28.8 Å². The van der Waals surface area contributed by atoms with Crippen LogP contribution in [0.3, 0.4) is 0 Å². The van der Waals surface area contributed by atoms with Crippen molar-refractivity contribution in [1.82, 2.24) is 0 Å². The molecule has 0 aliphatic rings. The Kier molecular flexibility index (Phi) is 7.12. The van der Waals surface area contributed by atoms with E-state index >= 15 is 0 Å². The fraction of sp³-hybridized carbons (Fsp3) is 0.0952. The van der Waals surface area contributed by atoms with E-state index in [1.807, 2.05) is 41.2 Å². The number of ether oxygens (including phenoxy) is 1. The van der Waals surface area contributed by atoms with Gasteiger partial charge in [-0.25, -0.2) is 4.57 Å². The molecule has 0 radical (unpaired) electrons. The first kappa shape index (κ1) is 20.9. The van der Waals surface area contributed by atoms with Gasteiger partial charge in [0, 0.05) is 18.2 Å². The van der Waals surface area contributed by atoms with Gasteiger partial charge in [-0.1, -0.05) is 30.4 Å². The molecule has 28 heavy (non-hydrogen) atoms. The minimum atomic E-state index is -0.362. The Morgan fingerprint density at radius 1 is 1.07 bits per heavy atom. The number of halogens is 1. The molecule has 0 saturated heterocycles. The molecule has 0 bridgehead atoms. The molecule has 7 heteroatoms. The molecule has 6 nitrogen and oxygen atoms in total. The summed E-state index contributed by atoms with van der Waals surface area (Å²) in [5.74, 6) is 0.526. The fourth-order valence-corrected chi connectivity index (χ4v) is 2.70. The van der Waals surface area contributed by atoms with Crippen LogP contribution in [0.25, 0.3) is 12.2 Å². The van der Waals surface area contributed by atoms with E-state index < -0.39 is 0 Å². The number of benzene rings is 2. The molecule has 0 spiro atoms. The van der Waals surface area contributed by atoms with Crippen molar-refractivity contribution in [2.75, 3.05) is 7.11 Å². The molecular formula is C21H19ClN2O4. The van der Waals surface area contributed by atoms with Crippen molar-refractivity contribution >= 4 is 17.8 Å². The molecule has 2 aromatic carbocycles. The summed E-state index contributed by atoms with van der Waals surface area (Å²) in [5.41, 5.74) is 2.67. The van der Waals surface area contributed by atoms with E-state index in [4.69, 9.17) is 4.74 Å². The van der Waals surface area contributed by atoms with Crippen LogP contribution in [0.2, 0.25) is 0 Å². The van der Waals surface area contributed by atoms with E-state index in [0.717, 1.165) is 11.1 Å². The van der Waals surface area contributed by atoms with Gasteiger partial charge >= 0.3 is 0 Å². The van der Waals surface area contributed by atoms with Crippen molar-refractivity contribution in [2.24, 2.45) is 0 Å². The molecular weight excluding hydrogens is 380 g/mol. The molecule has 0 fully saturated rings. The van der Waals surface area contributed by atoms with Gasteiger partial charge in [-0.3, -0.25) is 10.1 Å². The van der Waals surface area contributed by atoms with E-state index in [9.17, 15) is 15.2 Å². The van der Waals surface area contributed by atoms with Gasteiger partial charge in [0.2, 0.25) is 0 Å². The Morgan fingerprint density at radius 2 is 1.75 bits per heavy atom. The molecule has 1 N–H and O–H groups in total. The number of pyridine rings is 1.